The molecular formula is C19H19N7O6Se. The number of benzene rings is 1. The summed E-state index contributed by atoms with van der Waals surface area (Å²) in [4.78, 5) is 60.6. The third kappa shape index (κ3) is 6.72. The number of hydrogen-bond acceptors (Lipinski definition) is 9. The number of carbonyl (C=O) groups excluding carboxylic acids is 1. The van der Waals surface area contributed by atoms with Crippen molar-refractivity contribution >= 4 is 57.7 Å². The van der Waals surface area contributed by atoms with Gasteiger partial charge < -0.3 is 26.6 Å². The van der Waals surface area contributed by atoms with E-state index in [1.165, 1.54) is 18.3 Å². The van der Waals surface area contributed by atoms with Gasteiger partial charge in [-0.05, 0) is 30.7 Å². The number of anilines is 2. The van der Waals surface area contributed by atoms with Crippen molar-refractivity contribution in [2.24, 2.45) is 0 Å². The van der Waals surface area contributed by atoms with E-state index in [0.29, 0.717) is 11.4 Å². The second-order valence-corrected chi connectivity index (χ2v) is 6.71. The average Bonchev–Trinajstić information content (AvgIpc) is 2.75. The molecule has 3 rings (SSSR count). The second-order valence-electron chi connectivity index (χ2n) is 6.71. The molecular weight excluding hydrogens is 501 g/mol. The molecule has 13 nitrogen and oxygen atoms in total. The van der Waals surface area contributed by atoms with Gasteiger partial charge in [0.25, 0.3) is 11.5 Å². The molecule has 0 spiro atoms. The fraction of sp³-hybridized carbons (Fsp3) is 0.211. The van der Waals surface area contributed by atoms with Gasteiger partial charge in [-0.1, -0.05) is 0 Å². The van der Waals surface area contributed by atoms with Gasteiger partial charge in [-0.3, -0.25) is 19.4 Å². The number of hydrogen-bond donors (Lipinski definition) is 6. The smallest absolute Gasteiger partial charge is 0.326 e. The van der Waals surface area contributed by atoms with Gasteiger partial charge in [0.1, 0.15) is 6.04 Å². The summed E-state index contributed by atoms with van der Waals surface area (Å²) in [7, 11) is 0. The Bertz CT molecular complexity index is 1230. The predicted octanol–water partition coefficient (Wildman–Crippen LogP) is -0.426. The van der Waals surface area contributed by atoms with Crippen LogP contribution >= 0.6 is 0 Å². The third-order valence-electron chi connectivity index (χ3n) is 4.36. The van der Waals surface area contributed by atoms with Crippen LogP contribution in [0.2, 0.25) is 0 Å². The molecule has 0 aliphatic heterocycles. The molecule has 0 fully saturated rings. The summed E-state index contributed by atoms with van der Waals surface area (Å²) in [6.07, 6.45) is 0.840. The van der Waals surface area contributed by atoms with E-state index in [0.717, 1.165) is 0 Å². The van der Waals surface area contributed by atoms with Gasteiger partial charge in [0.2, 0.25) is 5.95 Å². The normalized spacial score (nSPS) is 11.3. The Morgan fingerprint density at radius 2 is 1.82 bits per heavy atom. The molecule has 33 heavy (non-hydrogen) atoms. The van der Waals surface area contributed by atoms with E-state index in [9.17, 15) is 19.2 Å². The van der Waals surface area contributed by atoms with Gasteiger partial charge in [-0.25, -0.2) is 14.8 Å². The number of nitrogen functional groups attached to an aromatic ring is 1. The van der Waals surface area contributed by atoms with Gasteiger partial charge in [0, 0.05) is 34.7 Å². The van der Waals surface area contributed by atoms with E-state index in [1.54, 1.807) is 12.1 Å². The standard InChI is InChI=1S/C19H19N7O6.Se/c20-19-25-15-14(17(30)26-19)23-11(8-22-15)7-21-10-3-1-9(2-4-10)16(29)24-12(18(31)32)5-6-13(27)28;/h1-4,8,12,21H,5-7H2,(H,24,29)(H,27,28)(H,31,32)(H3,20,22,25,26,30);/t12-;/m0./s1. The molecule has 172 valence electrons. The van der Waals surface area contributed by atoms with Crippen molar-refractivity contribution < 1.29 is 24.6 Å². The molecule has 0 bridgehead atoms. The number of carboxylic acids is 2. The average molecular weight is 520 g/mol. The van der Waals surface area contributed by atoms with Crippen molar-refractivity contribution in [2.75, 3.05) is 11.1 Å². The molecule has 2 radical (unpaired) electrons. The van der Waals surface area contributed by atoms with E-state index in [4.69, 9.17) is 15.9 Å². The molecule has 1 atom stereocenters. The van der Waals surface area contributed by atoms with Gasteiger partial charge in [0.05, 0.1) is 18.4 Å². The molecule has 0 unspecified atom stereocenters. The van der Waals surface area contributed by atoms with E-state index < -0.39 is 29.4 Å². The van der Waals surface area contributed by atoms with Crippen molar-refractivity contribution in [1.82, 2.24) is 25.3 Å². The monoisotopic (exact) mass is 521 g/mol. The Hall–Kier alpha value is -4.03. The number of H-pyrrole nitrogens is 1. The number of aromatic nitrogens is 4. The summed E-state index contributed by atoms with van der Waals surface area (Å²) < 4.78 is 0. The van der Waals surface area contributed by atoms with Crippen LogP contribution in [0.25, 0.3) is 11.2 Å². The van der Waals surface area contributed by atoms with Crippen LogP contribution in [0.4, 0.5) is 11.6 Å². The Morgan fingerprint density at radius 1 is 1.12 bits per heavy atom. The molecule has 0 aliphatic carbocycles. The quantitative estimate of drug-likeness (QED) is 0.199. The fourth-order valence-corrected chi connectivity index (χ4v) is 2.75. The topological polar surface area (TPSA) is 213 Å². The summed E-state index contributed by atoms with van der Waals surface area (Å²) in [5.74, 6) is -3.16. The minimum atomic E-state index is -1.31. The molecule has 2 aromatic heterocycles. The first-order valence-corrected chi connectivity index (χ1v) is 9.33. The molecule has 0 saturated heterocycles. The van der Waals surface area contributed by atoms with E-state index in [1.807, 2.05) is 0 Å². The van der Waals surface area contributed by atoms with Crippen LogP contribution in [0.15, 0.2) is 35.3 Å². The van der Waals surface area contributed by atoms with Crippen molar-refractivity contribution in [3.8, 4) is 0 Å². The number of nitrogens with two attached hydrogens (primary N) is 1. The summed E-state index contributed by atoms with van der Waals surface area (Å²) >= 11 is 0. The van der Waals surface area contributed by atoms with Gasteiger partial charge in [-0.2, -0.15) is 4.98 Å². The maximum Gasteiger partial charge on any atom is 0.326 e. The number of fused-ring (bicyclic) bond motifs is 1. The van der Waals surface area contributed by atoms with Gasteiger partial charge in [-0.15, -0.1) is 0 Å². The Morgan fingerprint density at radius 3 is 2.45 bits per heavy atom. The number of rotatable bonds is 9. The summed E-state index contributed by atoms with van der Waals surface area (Å²) in [5.41, 5.74) is 6.47. The molecule has 14 heteroatoms. The number of nitrogens with one attached hydrogen (secondary N) is 3. The number of nitrogens with zero attached hydrogens (tertiary/aromatic N) is 3. The number of aliphatic carboxylic acids is 2. The zero-order chi connectivity index (χ0) is 23.3. The molecule has 1 aromatic carbocycles. The van der Waals surface area contributed by atoms with Crippen LogP contribution in [-0.4, -0.2) is 71.1 Å². The van der Waals surface area contributed by atoms with Crippen molar-refractivity contribution in [1.29, 1.82) is 0 Å². The fourth-order valence-electron chi connectivity index (χ4n) is 2.75. The molecule has 1 amide bonds. The predicted molar refractivity (Wildman–Crippen MR) is 118 cm³/mol. The minimum absolute atomic E-state index is 0. The maximum atomic E-state index is 12.3. The Labute approximate surface area is 196 Å². The maximum absolute atomic E-state index is 12.3. The molecule has 0 aliphatic rings. The zero-order valence-electron chi connectivity index (χ0n) is 16.9. The van der Waals surface area contributed by atoms with Crippen LogP contribution < -0.4 is 21.9 Å². The van der Waals surface area contributed by atoms with Gasteiger partial charge >= 0.3 is 11.9 Å². The molecule has 3 aromatic rings. The number of carboxylic acid groups (broad SMARTS) is 2. The first kappa shape index (κ1) is 25.2. The first-order valence-electron chi connectivity index (χ1n) is 9.33. The summed E-state index contributed by atoms with van der Waals surface area (Å²) in [6.45, 7) is 0.231. The number of carbonyl (C=O) groups is 3. The number of amides is 1. The van der Waals surface area contributed by atoms with Crippen molar-refractivity contribution in [2.45, 2.75) is 25.4 Å². The van der Waals surface area contributed by atoms with E-state index in [-0.39, 0.29) is 59.1 Å². The Kier molecular flexibility index (Phi) is 8.42. The van der Waals surface area contributed by atoms with Crippen LogP contribution in [0.3, 0.4) is 0 Å². The van der Waals surface area contributed by atoms with Crippen molar-refractivity contribution in [3.05, 3.63) is 52.1 Å². The number of aromatic amines is 1. The van der Waals surface area contributed by atoms with E-state index in [2.05, 4.69) is 30.6 Å². The van der Waals surface area contributed by atoms with Crippen LogP contribution in [0.5, 0.6) is 0 Å². The zero-order valence-corrected chi connectivity index (χ0v) is 18.7. The van der Waals surface area contributed by atoms with Crippen LogP contribution in [-0.2, 0) is 16.1 Å². The second kappa shape index (κ2) is 11.0. The minimum Gasteiger partial charge on any atom is -0.481 e. The SMILES string of the molecule is Nc1nc2ncc(CNc3ccc(C(=O)N[C@@H](CCC(=O)O)C(=O)O)cc3)nc2c(=O)[nH]1.[Se]. The molecule has 7 N–H and O–H groups in total. The van der Waals surface area contributed by atoms with Gasteiger partial charge in [0.15, 0.2) is 11.2 Å². The molecule has 0 saturated carbocycles. The van der Waals surface area contributed by atoms with E-state index >= 15 is 0 Å². The summed E-state index contributed by atoms with van der Waals surface area (Å²) in [5, 5.41) is 23.2. The molecule has 2 heterocycles. The summed E-state index contributed by atoms with van der Waals surface area (Å²) in [6, 6.07) is 4.86. The van der Waals surface area contributed by atoms with Crippen LogP contribution in [0.1, 0.15) is 28.9 Å². The van der Waals surface area contributed by atoms with Crippen LogP contribution in [0, 0.1) is 0 Å². The largest absolute Gasteiger partial charge is 0.481 e. The third-order valence-corrected chi connectivity index (χ3v) is 4.36. The Balaban J connectivity index is 0.00000385. The van der Waals surface area contributed by atoms with Crippen molar-refractivity contribution in [3.63, 3.8) is 0 Å². The first-order chi connectivity index (χ1) is 15.2.